The molecule has 1 atom stereocenters. The predicted octanol–water partition coefficient (Wildman–Crippen LogP) is 0.655. The van der Waals surface area contributed by atoms with Gasteiger partial charge in [-0.15, -0.1) is 0 Å². The average Bonchev–Trinajstić information content (AvgIpc) is 2.20. The van der Waals surface area contributed by atoms with Crippen molar-refractivity contribution in [1.82, 2.24) is 10.6 Å². The highest BCUT2D eigenvalue weighted by molar-refractivity contribution is 5.82. The number of rotatable bonds is 1. The Morgan fingerprint density at radius 2 is 1.85 bits per heavy atom. The first-order valence-corrected chi connectivity index (χ1v) is 5.39. The van der Waals surface area contributed by atoms with E-state index in [-0.39, 0.29) is 11.9 Å². The van der Waals surface area contributed by atoms with E-state index < -0.39 is 0 Å². The Morgan fingerprint density at radius 3 is 2.54 bits per heavy atom. The highest BCUT2D eigenvalue weighted by Gasteiger charge is 2.30. The lowest BCUT2D eigenvalue weighted by Crippen LogP contribution is -2.56. The second-order valence-corrected chi connectivity index (χ2v) is 4.12. The van der Waals surface area contributed by atoms with Crippen LogP contribution in [0.4, 0.5) is 0 Å². The molecular formula is C10H18N2O. The maximum absolute atomic E-state index is 11.5. The second-order valence-electron chi connectivity index (χ2n) is 4.12. The van der Waals surface area contributed by atoms with Crippen LogP contribution in [0.25, 0.3) is 0 Å². The number of nitrogens with one attached hydrogen (secondary N) is 2. The van der Waals surface area contributed by atoms with Gasteiger partial charge in [-0.3, -0.25) is 4.79 Å². The van der Waals surface area contributed by atoms with E-state index in [1.165, 1.54) is 32.1 Å². The van der Waals surface area contributed by atoms with E-state index in [1.54, 1.807) is 0 Å². The monoisotopic (exact) mass is 182 g/mol. The molecule has 0 aromatic rings. The van der Waals surface area contributed by atoms with Crippen molar-refractivity contribution in [3.05, 3.63) is 0 Å². The van der Waals surface area contributed by atoms with Gasteiger partial charge in [0.25, 0.3) is 0 Å². The molecule has 1 saturated carbocycles. The van der Waals surface area contributed by atoms with Crippen LogP contribution in [0.3, 0.4) is 0 Å². The molecule has 2 fully saturated rings. The summed E-state index contributed by atoms with van der Waals surface area (Å²) in [4.78, 5) is 11.5. The van der Waals surface area contributed by atoms with Crippen LogP contribution in [0.5, 0.6) is 0 Å². The zero-order valence-corrected chi connectivity index (χ0v) is 8.01. The molecule has 2 rings (SSSR count). The molecule has 0 aromatic carbocycles. The molecule has 0 spiro atoms. The van der Waals surface area contributed by atoms with Crippen LogP contribution in [-0.4, -0.2) is 25.0 Å². The lowest BCUT2D eigenvalue weighted by molar-refractivity contribution is -0.126. The summed E-state index contributed by atoms with van der Waals surface area (Å²) in [6, 6.07) is 0.106. The Balaban J connectivity index is 1.92. The van der Waals surface area contributed by atoms with E-state index in [1.807, 2.05) is 0 Å². The number of carbonyl (C=O) groups excluding carboxylic acids is 1. The zero-order valence-electron chi connectivity index (χ0n) is 8.01. The molecule has 3 heteroatoms. The van der Waals surface area contributed by atoms with E-state index >= 15 is 0 Å². The Morgan fingerprint density at radius 1 is 1.08 bits per heavy atom. The van der Waals surface area contributed by atoms with Gasteiger partial charge in [0.1, 0.15) is 0 Å². The van der Waals surface area contributed by atoms with Gasteiger partial charge in [0.15, 0.2) is 0 Å². The molecule has 2 N–H and O–H groups in total. The van der Waals surface area contributed by atoms with Crippen LogP contribution >= 0.6 is 0 Å². The molecule has 1 amide bonds. The highest BCUT2D eigenvalue weighted by atomic mass is 16.2. The molecule has 0 aromatic heterocycles. The second kappa shape index (κ2) is 4.09. The third-order valence-corrected chi connectivity index (χ3v) is 3.19. The molecule has 3 nitrogen and oxygen atoms in total. The van der Waals surface area contributed by atoms with Crippen LogP contribution in [0.1, 0.15) is 32.1 Å². The highest BCUT2D eigenvalue weighted by Crippen LogP contribution is 2.26. The Bertz CT molecular complexity index is 187. The third kappa shape index (κ3) is 2.02. The molecule has 1 aliphatic carbocycles. The quantitative estimate of drug-likeness (QED) is 0.625. The first-order chi connectivity index (χ1) is 6.38. The van der Waals surface area contributed by atoms with Gasteiger partial charge in [0.2, 0.25) is 5.91 Å². The van der Waals surface area contributed by atoms with Gasteiger partial charge in [-0.05, 0) is 18.8 Å². The van der Waals surface area contributed by atoms with Crippen molar-refractivity contribution < 1.29 is 4.79 Å². The molecular weight excluding hydrogens is 164 g/mol. The van der Waals surface area contributed by atoms with Gasteiger partial charge in [-0.2, -0.15) is 0 Å². The summed E-state index contributed by atoms with van der Waals surface area (Å²) >= 11 is 0. The van der Waals surface area contributed by atoms with Crippen molar-refractivity contribution in [3.8, 4) is 0 Å². The number of hydrogen-bond acceptors (Lipinski definition) is 2. The average molecular weight is 182 g/mol. The summed E-state index contributed by atoms with van der Waals surface area (Å²) in [6.45, 7) is 1.73. The Kier molecular flexibility index (Phi) is 2.83. The standard InChI is InChI=1S/C10H18N2O/c13-10-9(11-6-7-12-10)8-4-2-1-3-5-8/h8-9,11H,1-7H2,(H,12,13). The largest absolute Gasteiger partial charge is 0.353 e. The molecule has 1 unspecified atom stereocenters. The molecule has 1 aliphatic heterocycles. The third-order valence-electron chi connectivity index (χ3n) is 3.19. The van der Waals surface area contributed by atoms with Gasteiger partial charge in [-0.25, -0.2) is 0 Å². The summed E-state index contributed by atoms with van der Waals surface area (Å²) in [7, 11) is 0. The Hall–Kier alpha value is -0.570. The van der Waals surface area contributed by atoms with Crippen molar-refractivity contribution in [2.24, 2.45) is 5.92 Å². The summed E-state index contributed by atoms with van der Waals surface area (Å²) < 4.78 is 0. The summed E-state index contributed by atoms with van der Waals surface area (Å²) in [5.41, 5.74) is 0. The minimum atomic E-state index is 0.106. The van der Waals surface area contributed by atoms with E-state index in [4.69, 9.17) is 0 Å². The van der Waals surface area contributed by atoms with Gasteiger partial charge in [0, 0.05) is 13.1 Å². The zero-order chi connectivity index (χ0) is 9.10. The van der Waals surface area contributed by atoms with Gasteiger partial charge in [0.05, 0.1) is 6.04 Å². The molecule has 13 heavy (non-hydrogen) atoms. The first kappa shape index (κ1) is 9.00. The smallest absolute Gasteiger partial charge is 0.237 e. The molecule has 0 bridgehead atoms. The van der Waals surface area contributed by atoms with E-state index in [9.17, 15) is 4.79 Å². The first-order valence-electron chi connectivity index (χ1n) is 5.39. The van der Waals surface area contributed by atoms with Gasteiger partial charge < -0.3 is 10.6 Å². The fourth-order valence-electron chi connectivity index (χ4n) is 2.46. The minimum absolute atomic E-state index is 0.106. The lowest BCUT2D eigenvalue weighted by Gasteiger charge is -2.32. The predicted molar refractivity (Wildman–Crippen MR) is 51.4 cm³/mol. The van der Waals surface area contributed by atoms with Crippen LogP contribution in [0, 0.1) is 5.92 Å². The van der Waals surface area contributed by atoms with E-state index in [0.717, 1.165) is 13.1 Å². The topological polar surface area (TPSA) is 41.1 Å². The summed E-state index contributed by atoms with van der Waals surface area (Å²) in [5, 5.41) is 6.25. The lowest BCUT2D eigenvalue weighted by atomic mass is 9.83. The van der Waals surface area contributed by atoms with Crippen LogP contribution in [0.15, 0.2) is 0 Å². The maximum Gasteiger partial charge on any atom is 0.237 e. The number of hydrogen-bond donors (Lipinski definition) is 2. The van der Waals surface area contributed by atoms with Gasteiger partial charge >= 0.3 is 0 Å². The molecule has 74 valence electrons. The summed E-state index contributed by atoms with van der Waals surface area (Å²) in [5.74, 6) is 0.812. The minimum Gasteiger partial charge on any atom is -0.353 e. The van der Waals surface area contributed by atoms with Crippen LogP contribution in [0.2, 0.25) is 0 Å². The number of amides is 1. The summed E-state index contributed by atoms with van der Waals surface area (Å²) in [6.07, 6.45) is 6.41. The SMILES string of the molecule is O=C1NCCNC1C1CCCCC1. The normalized spacial score (nSPS) is 31.4. The fraction of sp³-hybridized carbons (Fsp3) is 0.900. The molecule has 0 radical (unpaired) electrons. The van der Waals surface area contributed by atoms with Crippen LogP contribution < -0.4 is 10.6 Å². The molecule has 2 aliphatic rings. The number of piperazine rings is 1. The molecule has 1 heterocycles. The van der Waals surface area contributed by atoms with E-state index in [2.05, 4.69) is 10.6 Å². The molecule has 1 saturated heterocycles. The van der Waals surface area contributed by atoms with Crippen molar-refractivity contribution >= 4 is 5.91 Å². The van der Waals surface area contributed by atoms with Crippen molar-refractivity contribution in [1.29, 1.82) is 0 Å². The van der Waals surface area contributed by atoms with E-state index in [0.29, 0.717) is 5.92 Å². The van der Waals surface area contributed by atoms with Crippen molar-refractivity contribution in [3.63, 3.8) is 0 Å². The fourth-order valence-corrected chi connectivity index (χ4v) is 2.46. The Labute approximate surface area is 79.3 Å². The number of carbonyl (C=O) groups is 1. The van der Waals surface area contributed by atoms with Crippen molar-refractivity contribution in [2.75, 3.05) is 13.1 Å². The maximum atomic E-state index is 11.5. The van der Waals surface area contributed by atoms with Crippen LogP contribution in [-0.2, 0) is 4.79 Å². The van der Waals surface area contributed by atoms with Crippen molar-refractivity contribution in [2.45, 2.75) is 38.1 Å². The van der Waals surface area contributed by atoms with Gasteiger partial charge in [-0.1, -0.05) is 19.3 Å².